The SMILES string of the molecule is CCOc1cc(-c2nnc(SCC(=O)NC(=O)NCc3ccco3)o2)cc(OCC)c1OCC. The van der Waals surface area contributed by atoms with Crippen molar-refractivity contribution in [3.63, 3.8) is 0 Å². The van der Waals surface area contributed by atoms with E-state index in [-0.39, 0.29) is 23.4 Å². The first kappa shape index (κ1) is 25.0. The summed E-state index contributed by atoms with van der Waals surface area (Å²) in [6.45, 7) is 7.10. The number of thioether (sulfide) groups is 1. The Balaban J connectivity index is 1.61. The molecule has 0 fully saturated rings. The Bertz CT molecular complexity index is 1060. The van der Waals surface area contributed by atoms with Crippen molar-refractivity contribution in [3.8, 4) is 28.7 Å². The maximum atomic E-state index is 12.0. The molecule has 3 aromatic rings. The highest BCUT2D eigenvalue weighted by Crippen LogP contribution is 2.42. The number of rotatable bonds is 12. The molecule has 0 bridgehead atoms. The molecular formula is C22H26N4O7S. The van der Waals surface area contributed by atoms with Crippen LogP contribution in [0.15, 0.2) is 44.6 Å². The van der Waals surface area contributed by atoms with E-state index >= 15 is 0 Å². The molecule has 0 aliphatic heterocycles. The monoisotopic (exact) mass is 490 g/mol. The zero-order valence-electron chi connectivity index (χ0n) is 19.1. The van der Waals surface area contributed by atoms with Gasteiger partial charge in [-0.15, -0.1) is 10.2 Å². The number of carbonyl (C=O) groups excluding carboxylic acids is 2. The second-order valence-electron chi connectivity index (χ2n) is 6.57. The largest absolute Gasteiger partial charge is 0.490 e. The number of urea groups is 1. The predicted octanol–water partition coefficient (Wildman–Crippen LogP) is 3.64. The van der Waals surface area contributed by atoms with Gasteiger partial charge in [-0.1, -0.05) is 11.8 Å². The fraction of sp³-hybridized carbons (Fsp3) is 0.364. The lowest BCUT2D eigenvalue weighted by Crippen LogP contribution is -2.39. The fourth-order valence-electron chi connectivity index (χ4n) is 2.81. The number of amides is 3. The van der Waals surface area contributed by atoms with Crippen LogP contribution in [0.2, 0.25) is 0 Å². The minimum absolute atomic E-state index is 0.0898. The number of aromatic nitrogens is 2. The van der Waals surface area contributed by atoms with Gasteiger partial charge in [-0.25, -0.2) is 4.79 Å². The summed E-state index contributed by atoms with van der Waals surface area (Å²) < 4.78 is 27.9. The molecule has 0 spiro atoms. The number of hydrogen-bond donors (Lipinski definition) is 2. The van der Waals surface area contributed by atoms with Gasteiger partial charge < -0.3 is 28.4 Å². The van der Waals surface area contributed by atoms with Crippen molar-refractivity contribution in [2.45, 2.75) is 32.5 Å². The van der Waals surface area contributed by atoms with Gasteiger partial charge in [-0.3, -0.25) is 10.1 Å². The zero-order valence-corrected chi connectivity index (χ0v) is 19.9. The Hall–Kier alpha value is -3.67. The topological polar surface area (TPSA) is 138 Å². The molecule has 34 heavy (non-hydrogen) atoms. The van der Waals surface area contributed by atoms with Crippen LogP contribution in [-0.4, -0.2) is 47.7 Å². The van der Waals surface area contributed by atoms with Crippen LogP contribution in [0.1, 0.15) is 26.5 Å². The van der Waals surface area contributed by atoms with Gasteiger partial charge in [0.25, 0.3) is 5.22 Å². The van der Waals surface area contributed by atoms with Gasteiger partial charge in [0.05, 0.1) is 38.4 Å². The third-order valence-corrected chi connectivity index (χ3v) is 4.96. The molecule has 0 unspecified atom stereocenters. The van der Waals surface area contributed by atoms with Gasteiger partial charge in [0, 0.05) is 5.56 Å². The van der Waals surface area contributed by atoms with Gasteiger partial charge >= 0.3 is 6.03 Å². The van der Waals surface area contributed by atoms with Crippen molar-refractivity contribution in [1.29, 1.82) is 0 Å². The Morgan fingerprint density at radius 3 is 2.35 bits per heavy atom. The Labute approximate surface area is 200 Å². The van der Waals surface area contributed by atoms with Crippen LogP contribution in [0.3, 0.4) is 0 Å². The fourth-order valence-corrected chi connectivity index (χ4v) is 3.37. The molecular weight excluding hydrogens is 464 g/mol. The summed E-state index contributed by atoms with van der Waals surface area (Å²) in [6, 6.07) is 6.25. The molecule has 0 atom stereocenters. The van der Waals surface area contributed by atoms with Crippen molar-refractivity contribution < 1.29 is 32.6 Å². The van der Waals surface area contributed by atoms with Crippen LogP contribution in [-0.2, 0) is 11.3 Å². The highest BCUT2D eigenvalue weighted by molar-refractivity contribution is 7.99. The normalized spacial score (nSPS) is 10.6. The van der Waals surface area contributed by atoms with Crippen LogP contribution >= 0.6 is 11.8 Å². The predicted molar refractivity (Wildman–Crippen MR) is 123 cm³/mol. The summed E-state index contributed by atoms with van der Waals surface area (Å²) >= 11 is 1.00. The summed E-state index contributed by atoms with van der Waals surface area (Å²) in [5.41, 5.74) is 0.580. The van der Waals surface area contributed by atoms with Crippen molar-refractivity contribution in [3.05, 3.63) is 36.3 Å². The number of hydrogen-bond acceptors (Lipinski definition) is 10. The first-order valence-electron chi connectivity index (χ1n) is 10.7. The molecule has 11 nitrogen and oxygen atoms in total. The highest BCUT2D eigenvalue weighted by atomic mass is 32.2. The maximum absolute atomic E-state index is 12.0. The second-order valence-corrected chi connectivity index (χ2v) is 7.50. The Morgan fingerprint density at radius 2 is 1.74 bits per heavy atom. The van der Waals surface area contributed by atoms with Gasteiger partial charge in [0.1, 0.15) is 5.76 Å². The molecule has 182 valence electrons. The third-order valence-electron chi connectivity index (χ3n) is 4.15. The van der Waals surface area contributed by atoms with Crippen LogP contribution < -0.4 is 24.8 Å². The Morgan fingerprint density at radius 1 is 1.03 bits per heavy atom. The number of imide groups is 1. The molecule has 0 radical (unpaired) electrons. The number of benzene rings is 1. The maximum Gasteiger partial charge on any atom is 0.321 e. The van der Waals surface area contributed by atoms with E-state index in [1.54, 1.807) is 24.3 Å². The van der Waals surface area contributed by atoms with E-state index in [1.165, 1.54) is 6.26 Å². The van der Waals surface area contributed by atoms with Crippen LogP contribution in [0.4, 0.5) is 4.79 Å². The van der Waals surface area contributed by atoms with E-state index < -0.39 is 11.9 Å². The zero-order chi connectivity index (χ0) is 24.3. The molecule has 0 aliphatic carbocycles. The summed E-state index contributed by atoms with van der Waals surface area (Å²) in [5.74, 6) is 1.70. The van der Waals surface area contributed by atoms with Crippen LogP contribution in [0.25, 0.3) is 11.5 Å². The number of nitrogens with one attached hydrogen (secondary N) is 2. The average molecular weight is 491 g/mol. The third kappa shape index (κ3) is 6.91. The minimum atomic E-state index is -0.630. The summed E-state index contributed by atoms with van der Waals surface area (Å²) in [6.07, 6.45) is 1.50. The second kappa shape index (κ2) is 12.5. The van der Waals surface area contributed by atoms with E-state index in [1.807, 2.05) is 20.8 Å². The standard InChI is InChI=1S/C22H26N4O7S/c1-4-29-16-10-14(11-17(30-5-2)19(16)31-6-3)20-25-26-22(33-20)34-13-18(27)24-21(28)23-12-15-8-7-9-32-15/h7-11H,4-6,12-13H2,1-3H3,(H2,23,24,27,28). The molecule has 2 heterocycles. The molecule has 12 heteroatoms. The van der Waals surface area contributed by atoms with E-state index in [4.69, 9.17) is 23.0 Å². The molecule has 0 aliphatic rings. The molecule has 3 rings (SSSR count). The summed E-state index contributed by atoms with van der Waals surface area (Å²) in [4.78, 5) is 23.9. The average Bonchev–Trinajstić information content (AvgIpc) is 3.51. The van der Waals surface area contributed by atoms with Crippen molar-refractivity contribution in [1.82, 2.24) is 20.8 Å². The number of ether oxygens (including phenoxy) is 3. The highest BCUT2D eigenvalue weighted by Gasteiger charge is 2.19. The van der Waals surface area contributed by atoms with Crippen molar-refractivity contribution in [2.75, 3.05) is 25.6 Å². The minimum Gasteiger partial charge on any atom is -0.490 e. The molecule has 3 amide bonds. The molecule has 0 saturated heterocycles. The van der Waals surface area contributed by atoms with Gasteiger partial charge in [-0.05, 0) is 45.0 Å². The molecule has 2 N–H and O–H groups in total. The molecule has 0 saturated carbocycles. The number of furan rings is 1. The lowest BCUT2D eigenvalue weighted by atomic mass is 10.2. The van der Waals surface area contributed by atoms with Gasteiger partial charge in [0.2, 0.25) is 17.5 Å². The van der Waals surface area contributed by atoms with Crippen molar-refractivity contribution in [2.24, 2.45) is 0 Å². The molecule has 2 aromatic heterocycles. The smallest absolute Gasteiger partial charge is 0.321 e. The van der Waals surface area contributed by atoms with E-state index in [0.29, 0.717) is 48.4 Å². The summed E-state index contributed by atoms with van der Waals surface area (Å²) in [7, 11) is 0. The van der Waals surface area contributed by atoms with E-state index in [2.05, 4.69) is 20.8 Å². The quantitative estimate of drug-likeness (QED) is 0.362. The van der Waals surface area contributed by atoms with Crippen LogP contribution in [0.5, 0.6) is 17.2 Å². The molecule has 1 aromatic carbocycles. The first-order valence-corrected chi connectivity index (χ1v) is 11.7. The van der Waals surface area contributed by atoms with E-state index in [0.717, 1.165) is 11.8 Å². The van der Waals surface area contributed by atoms with E-state index in [9.17, 15) is 9.59 Å². The van der Waals surface area contributed by atoms with Crippen molar-refractivity contribution >= 4 is 23.7 Å². The first-order chi connectivity index (χ1) is 16.5. The van der Waals surface area contributed by atoms with Gasteiger partial charge in [0.15, 0.2) is 11.5 Å². The lowest BCUT2D eigenvalue weighted by Gasteiger charge is -2.16. The lowest BCUT2D eigenvalue weighted by molar-refractivity contribution is -0.117. The summed E-state index contributed by atoms with van der Waals surface area (Å²) in [5, 5.41) is 12.9. The van der Waals surface area contributed by atoms with Crippen LogP contribution in [0, 0.1) is 0 Å². The number of nitrogens with zero attached hydrogens (tertiary/aromatic N) is 2. The Kier molecular flexibility index (Phi) is 9.21. The van der Waals surface area contributed by atoms with Gasteiger partial charge in [-0.2, -0.15) is 0 Å². The number of carbonyl (C=O) groups is 2.